The van der Waals surface area contributed by atoms with Crippen LogP contribution in [0.25, 0.3) is 11.5 Å². The first-order valence-electron chi connectivity index (χ1n) is 9.25. The summed E-state index contributed by atoms with van der Waals surface area (Å²) in [6, 6.07) is 7.52. The molecule has 4 rings (SSSR count). The van der Waals surface area contributed by atoms with Crippen LogP contribution in [0.3, 0.4) is 0 Å². The molecular formula is C20H24N2O5. The van der Waals surface area contributed by atoms with Crippen LogP contribution in [0, 0.1) is 6.92 Å². The smallest absolute Gasteiger partial charge is 0.228 e. The summed E-state index contributed by atoms with van der Waals surface area (Å²) in [6.45, 7) is 4.39. The van der Waals surface area contributed by atoms with Gasteiger partial charge in [0.05, 0.1) is 32.4 Å². The van der Waals surface area contributed by atoms with Crippen molar-refractivity contribution in [2.24, 2.45) is 0 Å². The number of carbonyl (C=O) groups is 1. The fourth-order valence-electron chi connectivity index (χ4n) is 3.61. The number of amides is 1. The van der Waals surface area contributed by atoms with E-state index in [1.54, 1.807) is 7.11 Å². The van der Waals surface area contributed by atoms with Crippen LogP contribution >= 0.6 is 0 Å². The predicted octanol–water partition coefficient (Wildman–Crippen LogP) is 2.57. The molecule has 27 heavy (non-hydrogen) atoms. The van der Waals surface area contributed by atoms with Crippen molar-refractivity contribution in [1.82, 2.24) is 9.88 Å². The van der Waals surface area contributed by atoms with Crippen molar-refractivity contribution in [2.75, 3.05) is 33.4 Å². The van der Waals surface area contributed by atoms with Gasteiger partial charge in [0.15, 0.2) is 5.79 Å². The molecule has 1 aromatic carbocycles. The Morgan fingerprint density at radius 3 is 2.70 bits per heavy atom. The first-order chi connectivity index (χ1) is 13.1. The van der Waals surface area contributed by atoms with Crippen molar-refractivity contribution < 1.29 is 23.4 Å². The minimum absolute atomic E-state index is 0.0523. The van der Waals surface area contributed by atoms with Gasteiger partial charge in [-0.05, 0) is 25.1 Å². The van der Waals surface area contributed by atoms with Gasteiger partial charge < -0.3 is 23.5 Å². The fourth-order valence-corrected chi connectivity index (χ4v) is 3.61. The van der Waals surface area contributed by atoms with Crippen molar-refractivity contribution in [3.8, 4) is 17.2 Å². The van der Waals surface area contributed by atoms with E-state index in [2.05, 4.69) is 4.98 Å². The highest BCUT2D eigenvalue weighted by atomic mass is 16.7. The summed E-state index contributed by atoms with van der Waals surface area (Å²) in [4.78, 5) is 19.1. The monoisotopic (exact) mass is 372 g/mol. The van der Waals surface area contributed by atoms with Gasteiger partial charge in [0.2, 0.25) is 11.8 Å². The minimum Gasteiger partial charge on any atom is -0.497 e. The molecule has 0 radical (unpaired) electrons. The number of rotatable bonds is 4. The van der Waals surface area contributed by atoms with Gasteiger partial charge in [-0.25, -0.2) is 4.98 Å². The van der Waals surface area contributed by atoms with Crippen molar-refractivity contribution in [3.63, 3.8) is 0 Å². The van der Waals surface area contributed by atoms with Gasteiger partial charge in [0.25, 0.3) is 0 Å². The van der Waals surface area contributed by atoms with Gasteiger partial charge in [-0.2, -0.15) is 0 Å². The SMILES string of the molecule is COc1cccc(-c2nc(CC(=O)N3CCC4(CC3)OCCO4)c(C)o2)c1. The summed E-state index contributed by atoms with van der Waals surface area (Å²) in [6.07, 6.45) is 1.66. The number of likely N-dealkylation sites (tertiary alicyclic amines) is 1. The minimum atomic E-state index is -0.472. The molecule has 2 aromatic rings. The standard InChI is InChI=1S/C20H24N2O5/c1-14-17(21-19(27-14)15-4-3-5-16(12-15)24-2)13-18(23)22-8-6-20(7-9-22)25-10-11-26-20/h3-5,12H,6-11,13H2,1-2H3. The number of hydrogen-bond acceptors (Lipinski definition) is 6. The number of hydrogen-bond donors (Lipinski definition) is 0. The number of ether oxygens (including phenoxy) is 3. The zero-order valence-electron chi connectivity index (χ0n) is 15.7. The molecule has 0 aliphatic carbocycles. The lowest BCUT2D eigenvalue weighted by atomic mass is 10.0. The van der Waals surface area contributed by atoms with Crippen LogP contribution in [0.15, 0.2) is 28.7 Å². The Balaban J connectivity index is 1.42. The highest BCUT2D eigenvalue weighted by molar-refractivity contribution is 5.78. The summed E-state index contributed by atoms with van der Waals surface area (Å²) in [5, 5.41) is 0. The predicted molar refractivity (Wildman–Crippen MR) is 97.4 cm³/mol. The van der Waals surface area contributed by atoms with Crippen molar-refractivity contribution in [3.05, 3.63) is 35.7 Å². The molecule has 3 heterocycles. The maximum absolute atomic E-state index is 12.7. The van der Waals surface area contributed by atoms with E-state index in [0.717, 1.165) is 11.3 Å². The number of carbonyl (C=O) groups excluding carboxylic acids is 1. The number of methoxy groups -OCH3 is 1. The molecule has 0 N–H and O–H groups in total. The van der Waals surface area contributed by atoms with E-state index in [9.17, 15) is 4.79 Å². The van der Waals surface area contributed by atoms with Crippen molar-refractivity contribution >= 4 is 5.91 Å². The average Bonchev–Trinajstić information content (AvgIpc) is 3.29. The van der Waals surface area contributed by atoms with E-state index >= 15 is 0 Å². The summed E-state index contributed by atoms with van der Waals surface area (Å²) in [5.74, 6) is 1.48. The Bertz CT molecular complexity index is 816. The molecule has 0 atom stereocenters. The van der Waals surface area contributed by atoms with Crippen LogP contribution in [0.4, 0.5) is 0 Å². The van der Waals surface area contributed by atoms with Gasteiger partial charge in [0.1, 0.15) is 11.5 Å². The first kappa shape index (κ1) is 18.0. The molecule has 7 nitrogen and oxygen atoms in total. The number of piperidine rings is 1. The molecule has 2 aliphatic heterocycles. The number of aryl methyl sites for hydroxylation is 1. The largest absolute Gasteiger partial charge is 0.497 e. The molecule has 144 valence electrons. The quantitative estimate of drug-likeness (QED) is 0.821. The summed E-state index contributed by atoms with van der Waals surface area (Å²) < 4.78 is 22.5. The Hall–Kier alpha value is -2.38. The lowest BCUT2D eigenvalue weighted by molar-refractivity contribution is -0.187. The molecule has 0 unspecified atom stereocenters. The Kier molecular flexibility index (Phi) is 4.88. The van der Waals surface area contributed by atoms with E-state index in [0.29, 0.717) is 56.5 Å². The van der Waals surface area contributed by atoms with Crippen LogP contribution in [-0.2, 0) is 20.7 Å². The summed E-state index contributed by atoms with van der Waals surface area (Å²) in [7, 11) is 1.62. The Morgan fingerprint density at radius 2 is 2.00 bits per heavy atom. The van der Waals surface area contributed by atoms with Gasteiger partial charge >= 0.3 is 0 Å². The van der Waals surface area contributed by atoms with E-state index in [4.69, 9.17) is 18.6 Å². The maximum Gasteiger partial charge on any atom is 0.228 e. The number of aromatic nitrogens is 1. The molecular weight excluding hydrogens is 348 g/mol. The summed E-state index contributed by atoms with van der Waals surface area (Å²) in [5.41, 5.74) is 1.50. The molecule has 0 bridgehead atoms. The van der Waals surface area contributed by atoms with Crippen LogP contribution < -0.4 is 4.74 Å². The van der Waals surface area contributed by atoms with Gasteiger partial charge in [-0.3, -0.25) is 4.79 Å². The number of nitrogens with zero attached hydrogens (tertiary/aromatic N) is 2. The lowest BCUT2D eigenvalue weighted by Gasteiger charge is -2.37. The summed E-state index contributed by atoms with van der Waals surface area (Å²) >= 11 is 0. The fraction of sp³-hybridized carbons (Fsp3) is 0.500. The van der Waals surface area contributed by atoms with Crippen molar-refractivity contribution in [2.45, 2.75) is 32.0 Å². The third-order valence-corrected chi connectivity index (χ3v) is 5.22. The van der Waals surface area contributed by atoms with Crippen LogP contribution in [0.1, 0.15) is 24.3 Å². The maximum atomic E-state index is 12.7. The topological polar surface area (TPSA) is 74.0 Å². The highest BCUT2D eigenvalue weighted by Gasteiger charge is 2.40. The zero-order chi connectivity index (χ0) is 18.9. The number of benzene rings is 1. The second kappa shape index (κ2) is 7.32. The zero-order valence-corrected chi connectivity index (χ0v) is 15.7. The van der Waals surface area contributed by atoms with Crippen molar-refractivity contribution in [1.29, 1.82) is 0 Å². The molecule has 0 saturated carbocycles. The Morgan fingerprint density at radius 1 is 1.26 bits per heavy atom. The van der Waals surface area contributed by atoms with E-state index in [-0.39, 0.29) is 12.3 Å². The van der Waals surface area contributed by atoms with Crippen LogP contribution in [-0.4, -0.2) is 55.0 Å². The van der Waals surface area contributed by atoms with E-state index in [1.807, 2.05) is 36.1 Å². The third kappa shape index (κ3) is 3.70. The van der Waals surface area contributed by atoms with Crippen LogP contribution in [0.2, 0.25) is 0 Å². The molecule has 2 fully saturated rings. The van der Waals surface area contributed by atoms with Crippen LogP contribution in [0.5, 0.6) is 5.75 Å². The average molecular weight is 372 g/mol. The molecule has 2 saturated heterocycles. The number of oxazole rings is 1. The molecule has 1 spiro atoms. The van der Waals surface area contributed by atoms with E-state index < -0.39 is 5.79 Å². The second-order valence-corrected chi connectivity index (χ2v) is 6.92. The molecule has 1 amide bonds. The highest BCUT2D eigenvalue weighted by Crippen LogP contribution is 2.31. The van der Waals surface area contributed by atoms with Gasteiger partial charge in [-0.15, -0.1) is 0 Å². The first-order valence-corrected chi connectivity index (χ1v) is 9.25. The van der Waals surface area contributed by atoms with Gasteiger partial charge in [0, 0.05) is 31.5 Å². The molecule has 7 heteroatoms. The molecule has 2 aliphatic rings. The lowest BCUT2D eigenvalue weighted by Crippen LogP contribution is -2.47. The molecule has 1 aromatic heterocycles. The normalized spacial score (nSPS) is 18.8. The van der Waals surface area contributed by atoms with E-state index in [1.165, 1.54) is 0 Å². The second-order valence-electron chi connectivity index (χ2n) is 6.92. The third-order valence-electron chi connectivity index (χ3n) is 5.22. The van der Waals surface area contributed by atoms with Gasteiger partial charge in [-0.1, -0.05) is 6.07 Å². The Labute approximate surface area is 158 Å².